The number of nitriles is 1. The van der Waals surface area contributed by atoms with Crippen molar-refractivity contribution in [2.45, 2.75) is 12.7 Å². The van der Waals surface area contributed by atoms with E-state index >= 15 is 0 Å². The van der Waals surface area contributed by atoms with Gasteiger partial charge in [0.05, 0.1) is 17.2 Å². The molecule has 1 N–H and O–H groups in total. The van der Waals surface area contributed by atoms with E-state index in [0.29, 0.717) is 0 Å². The predicted octanol–water partition coefficient (Wildman–Crippen LogP) is 3.58. The molecular weight excluding hydrogens is 267 g/mol. The monoisotopic (exact) mass is 277 g/mol. The van der Waals surface area contributed by atoms with E-state index in [1.165, 1.54) is 12.1 Å². The summed E-state index contributed by atoms with van der Waals surface area (Å²) in [5, 5.41) is 11.4. The SMILES string of the molecule is N#Cc1ccc(NCc2ccncc2)c(C(F)(F)F)c1. The van der Waals surface area contributed by atoms with E-state index in [1.807, 2.05) is 0 Å². The van der Waals surface area contributed by atoms with Gasteiger partial charge in [0.1, 0.15) is 0 Å². The minimum absolute atomic E-state index is 0.0215. The molecule has 0 radical (unpaired) electrons. The van der Waals surface area contributed by atoms with Crippen LogP contribution in [0.25, 0.3) is 0 Å². The van der Waals surface area contributed by atoms with Crippen LogP contribution >= 0.6 is 0 Å². The van der Waals surface area contributed by atoms with E-state index in [4.69, 9.17) is 5.26 Å². The summed E-state index contributed by atoms with van der Waals surface area (Å²) in [4.78, 5) is 3.84. The number of pyridine rings is 1. The number of rotatable bonds is 3. The maximum absolute atomic E-state index is 12.9. The molecule has 0 bridgehead atoms. The van der Waals surface area contributed by atoms with Crippen LogP contribution < -0.4 is 5.32 Å². The van der Waals surface area contributed by atoms with Gasteiger partial charge in [0.2, 0.25) is 0 Å². The van der Waals surface area contributed by atoms with Crippen molar-refractivity contribution in [2.75, 3.05) is 5.32 Å². The van der Waals surface area contributed by atoms with Crippen LogP contribution in [0.15, 0.2) is 42.7 Å². The summed E-state index contributed by atoms with van der Waals surface area (Å²) >= 11 is 0. The Kier molecular flexibility index (Phi) is 3.89. The molecule has 0 amide bonds. The van der Waals surface area contributed by atoms with Gasteiger partial charge in [-0.05, 0) is 35.9 Å². The first-order valence-electron chi connectivity index (χ1n) is 5.75. The lowest BCUT2D eigenvalue weighted by atomic mass is 10.1. The summed E-state index contributed by atoms with van der Waals surface area (Å²) < 4.78 is 38.8. The summed E-state index contributed by atoms with van der Waals surface area (Å²) in [7, 11) is 0. The van der Waals surface area contributed by atoms with Crippen LogP contribution in [0.4, 0.5) is 18.9 Å². The van der Waals surface area contributed by atoms with Gasteiger partial charge in [0, 0.05) is 24.6 Å². The Hall–Kier alpha value is -2.55. The second kappa shape index (κ2) is 5.61. The summed E-state index contributed by atoms with van der Waals surface area (Å²) in [5.41, 5.74) is -0.0943. The average molecular weight is 277 g/mol. The van der Waals surface area contributed by atoms with Crippen LogP contribution in [0.5, 0.6) is 0 Å². The Bertz CT molecular complexity index is 630. The zero-order chi connectivity index (χ0) is 14.6. The van der Waals surface area contributed by atoms with Gasteiger partial charge in [-0.1, -0.05) is 0 Å². The Morgan fingerprint density at radius 2 is 1.85 bits per heavy atom. The molecule has 2 aromatic rings. The average Bonchev–Trinajstić information content (AvgIpc) is 2.45. The maximum atomic E-state index is 12.9. The Morgan fingerprint density at radius 3 is 2.45 bits per heavy atom. The molecule has 0 spiro atoms. The summed E-state index contributed by atoms with van der Waals surface area (Å²) in [6.45, 7) is 0.248. The number of alkyl halides is 3. The Morgan fingerprint density at radius 1 is 1.15 bits per heavy atom. The third kappa shape index (κ3) is 3.26. The Balaban J connectivity index is 2.25. The quantitative estimate of drug-likeness (QED) is 0.932. The number of hydrogen-bond donors (Lipinski definition) is 1. The van der Waals surface area contributed by atoms with E-state index in [0.717, 1.165) is 11.6 Å². The molecule has 0 saturated heterocycles. The number of halogens is 3. The summed E-state index contributed by atoms with van der Waals surface area (Å²) in [6.07, 6.45) is -1.37. The van der Waals surface area contributed by atoms with Crippen molar-refractivity contribution in [3.8, 4) is 6.07 Å². The highest BCUT2D eigenvalue weighted by atomic mass is 19.4. The van der Waals surface area contributed by atoms with Crippen LogP contribution in [-0.4, -0.2) is 4.98 Å². The molecular formula is C14H10F3N3. The van der Waals surface area contributed by atoms with Crippen LogP contribution in [0.1, 0.15) is 16.7 Å². The molecule has 1 aromatic carbocycles. The fraction of sp³-hybridized carbons (Fsp3) is 0.143. The van der Waals surface area contributed by atoms with Crippen molar-refractivity contribution in [1.29, 1.82) is 5.26 Å². The molecule has 0 aliphatic rings. The smallest absolute Gasteiger partial charge is 0.380 e. The van der Waals surface area contributed by atoms with E-state index < -0.39 is 11.7 Å². The van der Waals surface area contributed by atoms with Gasteiger partial charge >= 0.3 is 6.18 Å². The molecule has 1 heterocycles. The van der Waals surface area contributed by atoms with E-state index in [-0.39, 0.29) is 17.8 Å². The standard InChI is InChI=1S/C14H10F3N3/c15-14(16,17)12-7-11(8-18)1-2-13(12)20-9-10-3-5-19-6-4-10/h1-7,20H,9H2. The molecule has 1 aromatic heterocycles. The third-order valence-electron chi connectivity index (χ3n) is 2.69. The zero-order valence-electron chi connectivity index (χ0n) is 10.3. The molecule has 102 valence electrons. The van der Waals surface area contributed by atoms with Crippen molar-refractivity contribution in [3.63, 3.8) is 0 Å². The second-order valence-electron chi connectivity index (χ2n) is 4.08. The lowest BCUT2D eigenvalue weighted by Gasteiger charge is -2.14. The largest absolute Gasteiger partial charge is 0.418 e. The van der Waals surface area contributed by atoms with Crippen molar-refractivity contribution in [1.82, 2.24) is 4.98 Å². The Labute approximate surface area is 113 Å². The topological polar surface area (TPSA) is 48.7 Å². The predicted molar refractivity (Wildman–Crippen MR) is 67.7 cm³/mol. The van der Waals surface area contributed by atoms with Gasteiger partial charge in [-0.2, -0.15) is 18.4 Å². The minimum Gasteiger partial charge on any atom is -0.380 e. The van der Waals surface area contributed by atoms with Gasteiger partial charge in [-0.15, -0.1) is 0 Å². The molecule has 0 fully saturated rings. The summed E-state index contributed by atoms with van der Waals surface area (Å²) in [5.74, 6) is 0. The number of nitrogens with zero attached hydrogens (tertiary/aromatic N) is 2. The van der Waals surface area contributed by atoms with E-state index in [1.54, 1.807) is 30.6 Å². The number of nitrogens with one attached hydrogen (secondary N) is 1. The molecule has 2 rings (SSSR count). The van der Waals surface area contributed by atoms with Gasteiger partial charge in [-0.25, -0.2) is 0 Å². The first-order valence-corrected chi connectivity index (χ1v) is 5.75. The highest BCUT2D eigenvalue weighted by Gasteiger charge is 2.33. The fourth-order valence-corrected chi connectivity index (χ4v) is 1.70. The molecule has 0 unspecified atom stereocenters. The maximum Gasteiger partial charge on any atom is 0.418 e. The van der Waals surface area contributed by atoms with Crippen LogP contribution in [0.3, 0.4) is 0 Å². The normalized spacial score (nSPS) is 10.9. The van der Waals surface area contributed by atoms with Gasteiger partial charge in [-0.3, -0.25) is 4.98 Å². The number of benzene rings is 1. The van der Waals surface area contributed by atoms with Gasteiger partial charge in [0.25, 0.3) is 0 Å². The van der Waals surface area contributed by atoms with Gasteiger partial charge in [0.15, 0.2) is 0 Å². The number of aromatic nitrogens is 1. The second-order valence-corrected chi connectivity index (χ2v) is 4.08. The summed E-state index contributed by atoms with van der Waals surface area (Å²) in [6, 6.07) is 8.59. The number of anilines is 1. The van der Waals surface area contributed by atoms with Crippen molar-refractivity contribution >= 4 is 5.69 Å². The molecule has 3 nitrogen and oxygen atoms in total. The van der Waals surface area contributed by atoms with E-state index in [2.05, 4.69) is 10.3 Å². The highest BCUT2D eigenvalue weighted by Crippen LogP contribution is 2.35. The molecule has 0 saturated carbocycles. The fourth-order valence-electron chi connectivity index (χ4n) is 1.70. The van der Waals surface area contributed by atoms with Gasteiger partial charge < -0.3 is 5.32 Å². The molecule has 20 heavy (non-hydrogen) atoms. The van der Waals surface area contributed by atoms with Crippen LogP contribution in [0.2, 0.25) is 0 Å². The minimum atomic E-state index is -4.51. The first kappa shape index (κ1) is 13.9. The third-order valence-corrected chi connectivity index (χ3v) is 2.69. The molecule has 0 aliphatic carbocycles. The lowest BCUT2D eigenvalue weighted by Crippen LogP contribution is -2.11. The molecule has 0 atom stereocenters. The van der Waals surface area contributed by atoms with Crippen LogP contribution in [0, 0.1) is 11.3 Å². The van der Waals surface area contributed by atoms with Crippen molar-refractivity contribution in [2.24, 2.45) is 0 Å². The number of hydrogen-bond acceptors (Lipinski definition) is 3. The molecule has 6 heteroatoms. The van der Waals surface area contributed by atoms with Crippen molar-refractivity contribution < 1.29 is 13.2 Å². The highest BCUT2D eigenvalue weighted by molar-refractivity contribution is 5.56. The lowest BCUT2D eigenvalue weighted by molar-refractivity contribution is -0.137. The van der Waals surface area contributed by atoms with E-state index in [9.17, 15) is 13.2 Å². The van der Waals surface area contributed by atoms with Crippen LogP contribution in [-0.2, 0) is 12.7 Å². The van der Waals surface area contributed by atoms with Crippen molar-refractivity contribution in [3.05, 3.63) is 59.4 Å². The zero-order valence-corrected chi connectivity index (χ0v) is 10.3. The first-order chi connectivity index (χ1) is 9.50. The molecule has 0 aliphatic heterocycles.